The highest BCUT2D eigenvalue weighted by Gasteiger charge is 2.13. The van der Waals surface area contributed by atoms with Gasteiger partial charge in [0.1, 0.15) is 0 Å². The van der Waals surface area contributed by atoms with Crippen molar-refractivity contribution in [1.29, 1.82) is 0 Å². The zero-order valence-corrected chi connectivity index (χ0v) is 10.5. The summed E-state index contributed by atoms with van der Waals surface area (Å²) < 4.78 is 0. The van der Waals surface area contributed by atoms with Crippen molar-refractivity contribution in [2.24, 2.45) is 0 Å². The van der Waals surface area contributed by atoms with Crippen LogP contribution in [0.3, 0.4) is 0 Å². The molecular weight excluding hydrogens is 204 g/mol. The van der Waals surface area contributed by atoms with Crippen molar-refractivity contribution in [3.8, 4) is 0 Å². The molecule has 0 aliphatic carbocycles. The highest BCUT2D eigenvalue weighted by atomic mass is 32.2. The Hall–Kier alpha value is 0.270. The molecule has 1 unspecified atom stereocenters. The van der Waals surface area contributed by atoms with Crippen molar-refractivity contribution >= 4 is 11.8 Å². The Morgan fingerprint density at radius 2 is 2.07 bits per heavy atom. The van der Waals surface area contributed by atoms with Gasteiger partial charge in [-0.2, -0.15) is 11.8 Å². The lowest BCUT2D eigenvalue weighted by atomic mass is 10.0. The predicted molar refractivity (Wildman–Crippen MR) is 68.6 cm³/mol. The molecule has 88 valence electrons. The van der Waals surface area contributed by atoms with Crippen LogP contribution < -0.4 is 5.32 Å². The molecule has 2 nitrogen and oxygen atoms in total. The monoisotopic (exact) mass is 228 g/mol. The summed E-state index contributed by atoms with van der Waals surface area (Å²) in [5.41, 5.74) is 0. The van der Waals surface area contributed by atoms with Gasteiger partial charge in [0, 0.05) is 30.6 Å². The second-order valence-corrected chi connectivity index (χ2v) is 5.97. The SMILES string of the molecule is C1CCC(CCCN2CCSCC2)NC1. The first-order valence-electron chi connectivity index (χ1n) is 6.48. The Bertz CT molecular complexity index is 145. The van der Waals surface area contributed by atoms with Gasteiger partial charge in [0.05, 0.1) is 0 Å². The molecular formula is C12H24N2S. The summed E-state index contributed by atoms with van der Waals surface area (Å²) in [5, 5.41) is 3.63. The summed E-state index contributed by atoms with van der Waals surface area (Å²) in [6.45, 7) is 5.23. The molecule has 3 heteroatoms. The number of piperidine rings is 1. The molecule has 1 N–H and O–H groups in total. The Morgan fingerprint density at radius 1 is 1.20 bits per heavy atom. The topological polar surface area (TPSA) is 15.3 Å². The minimum absolute atomic E-state index is 0.831. The smallest absolute Gasteiger partial charge is 0.00727 e. The van der Waals surface area contributed by atoms with Crippen molar-refractivity contribution in [3.05, 3.63) is 0 Å². The van der Waals surface area contributed by atoms with Gasteiger partial charge in [-0.05, 0) is 38.8 Å². The molecule has 0 aromatic carbocycles. The molecule has 0 aromatic heterocycles. The van der Waals surface area contributed by atoms with Crippen LogP contribution in [0.4, 0.5) is 0 Å². The largest absolute Gasteiger partial charge is 0.314 e. The zero-order chi connectivity index (χ0) is 10.3. The fourth-order valence-corrected chi connectivity index (χ4v) is 3.54. The van der Waals surface area contributed by atoms with Crippen LogP contribution in [0.15, 0.2) is 0 Å². The summed E-state index contributed by atoms with van der Waals surface area (Å²) in [6, 6.07) is 0.831. The Labute approximate surface area is 98.2 Å². The third-order valence-electron chi connectivity index (χ3n) is 3.54. The quantitative estimate of drug-likeness (QED) is 0.792. The Kier molecular flexibility index (Phi) is 5.30. The zero-order valence-electron chi connectivity index (χ0n) is 9.71. The van der Waals surface area contributed by atoms with Gasteiger partial charge in [-0.1, -0.05) is 6.42 Å². The first-order valence-corrected chi connectivity index (χ1v) is 7.64. The van der Waals surface area contributed by atoms with Crippen LogP contribution in [0, 0.1) is 0 Å². The molecule has 0 radical (unpaired) electrons. The number of nitrogens with one attached hydrogen (secondary N) is 1. The summed E-state index contributed by atoms with van der Waals surface area (Å²) in [6.07, 6.45) is 7.03. The van der Waals surface area contributed by atoms with Crippen LogP contribution in [0.1, 0.15) is 32.1 Å². The maximum Gasteiger partial charge on any atom is 0.00727 e. The minimum atomic E-state index is 0.831. The second kappa shape index (κ2) is 6.77. The number of nitrogens with zero attached hydrogens (tertiary/aromatic N) is 1. The third kappa shape index (κ3) is 4.33. The second-order valence-electron chi connectivity index (χ2n) is 4.74. The van der Waals surface area contributed by atoms with Gasteiger partial charge < -0.3 is 10.2 Å². The molecule has 0 saturated carbocycles. The maximum absolute atomic E-state index is 3.63. The molecule has 2 aliphatic rings. The minimum Gasteiger partial charge on any atom is -0.314 e. The molecule has 0 bridgehead atoms. The van der Waals surface area contributed by atoms with Crippen LogP contribution >= 0.6 is 11.8 Å². The molecule has 2 fully saturated rings. The van der Waals surface area contributed by atoms with Gasteiger partial charge in [0.2, 0.25) is 0 Å². The van der Waals surface area contributed by atoms with E-state index in [0.29, 0.717) is 0 Å². The maximum atomic E-state index is 3.63. The third-order valence-corrected chi connectivity index (χ3v) is 4.49. The number of hydrogen-bond acceptors (Lipinski definition) is 3. The van der Waals surface area contributed by atoms with Gasteiger partial charge in [0.25, 0.3) is 0 Å². The van der Waals surface area contributed by atoms with Crippen molar-refractivity contribution in [3.63, 3.8) is 0 Å². The Morgan fingerprint density at radius 3 is 2.80 bits per heavy atom. The average molecular weight is 228 g/mol. The van der Waals surface area contributed by atoms with E-state index in [1.807, 2.05) is 0 Å². The van der Waals surface area contributed by atoms with E-state index in [-0.39, 0.29) is 0 Å². The fraction of sp³-hybridized carbons (Fsp3) is 1.00. The highest BCUT2D eigenvalue weighted by molar-refractivity contribution is 7.99. The summed E-state index contributed by atoms with van der Waals surface area (Å²) >= 11 is 2.11. The summed E-state index contributed by atoms with van der Waals surface area (Å²) in [7, 11) is 0. The van der Waals surface area contributed by atoms with E-state index in [0.717, 1.165) is 6.04 Å². The van der Waals surface area contributed by atoms with Gasteiger partial charge in [-0.15, -0.1) is 0 Å². The molecule has 0 aromatic rings. The van der Waals surface area contributed by atoms with Gasteiger partial charge >= 0.3 is 0 Å². The van der Waals surface area contributed by atoms with Crippen molar-refractivity contribution in [2.45, 2.75) is 38.1 Å². The average Bonchev–Trinajstić information content (AvgIpc) is 2.32. The first kappa shape index (κ1) is 11.7. The number of rotatable bonds is 4. The lowest BCUT2D eigenvalue weighted by molar-refractivity contribution is 0.280. The summed E-state index contributed by atoms with van der Waals surface area (Å²) in [5.74, 6) is 2.70. The van der Waals surface area contributed by atoms with E-state index in [2.05, 4.69) is 22.0 Å². The van der Waals surface area contributed by atoms with Crippen LogP contribution in [-0.2, 0) is 0 Å². The first-order chi connectivity index (χ1) is 7.45. The lowest BCUT2D eigenvalue weighted by Crippen LogP contribution is -2.36. The predicted octanol–water partition coefficient (Wildman–Crippen LogP) is 1.96. The molecule has 2 heterocycles. The molecule has 0 spiro atoms. The summed E-state index contributed by atoms with van der Waals surface area (Å²) in [4.78, 5) is 2.64. The molecule has 2 aliphatic heterocycles. The van der Waals surface area contributed by atoms with Crippen LogP contribution in [0.5, 0.6) is 0 Å². The van der Waals surface area contributed by atoms with Gasteiger partial charge in [0.15, 0.2) is 0 Å². The van der Waals surface area contributed by atoms with Crippen molar-refractivity contribution in [2.75, 3.05) is 37.7 Å². The van der Waals surface area contributed by atoms with Crippen LogP contribution in [-0.4, -0.2) is 48.6 Å². The van der Waals surface area contributed by atoms with Gasteiger partial charge in [-0.25, -0.2) is 0 Å². The molecule has 1 atom stereocenters. The van der Waals surface area contributed by atoms with E-state index in [4.69, 9.17) is 0 Å². The van der Waals surface area contributed by atoms with Crippen molar-refractivity contribution < 1.29 is 0 Å². The van der Waals surface area contributed by atoms with E-state index in [1.54, 1.807) is 0 Å². The molecule has 2 rings (SSSR count). The number of hydrogen-bond donors (Lipinski definition) is 1. The lowest BCUT2D eigenvalue weighted by Gasteiger charge is -2.28. The van der Waals surface area contributed by atoms with E-state index >= 15 is 0 Å². The van der Waals surface area contributed by atoms with Crippen LogP contribution in [0.2, 0.25) is 0 Å². The number of thioether (sulfide) groups is 1. The molecule has 2 saturated heterocycles. The van der Waals surface area contributed by atoms with E-state index in [1.165, 1.54) is 69.8 Å². The Balaban J connectivity index is 1.53. The normalized spacial score (nSPS) is 29.2. The highest BCUT2D eigenvalue weighted by Crippen LogP contribution is 2.14. The van der Waals surface area contributed by atoms with Gasteiger partial charge in [-0.3, -0.25) is 0 Å². The molecule has 15 heavy (non-hydrogen) atoms. The van der Waals surface area contributed by atoms with E-state index in [9.17, 15) is 0 Å². The van der Waals surface area contributed by atoms with Crippen molar-refractivity contribution in [1.82, 2.24) is 10.2 Å². The van der Waals surface area contributed by atoms with E-state index < -0.39 is 0 Å². The van der Waals surface area contributed by atoms with Crippen LogP contribution in [0.25, 0.3) is 0 Å². The standard InChI is InChI=1S/C12H24N2S/c1-2-6-13-12(4-1)5-3-7-14-8-10-15-11-9-14/h12-13H,1-11H2. The fourth-order valence-electron chi connectivity index (χ4n) is 2.56. The molecule has 0 amide bonds.